The third-order valence-electron chi connectivity index (χ3n) is 2.83. The van der Waals surface area contributed by atoms with Crippen LogP contribution in [0, 0.1) is 20.8 Å². The first kappa shape index (κ1) is 12.8. The molecule has 16 heavy (non-hydrogen) atoms. The number of benzene rings is 1. The molecule has 0 atom stereocenters. The first-order chi connectivity index (χ1) is 7.24. The molecule has 0 saturated carbocycles. The monoisotopic (exact) mass is 243 g/mol. The summed E-state index contributed by atoms with van der Waals surface area (Å²) in [5.41, 5.74) is 14.3. The van der Waals surface area contributed by atoms with Crippen molar-refractivity contribution in [2.75, 3.05) is 18.5 Å². The second-order valence-electron chi connectivity index (χ2n) is 3.74. The van der Waals surface area contributed by atoms with Crippen LogP contribution in [0.1, 0.15) is 16.7 Å². The van der Waals surface area contributed by atoms with E-state index < -0.39 is 10.0 Å². The average molecular weight is 243 g/mol. The van der Waals surface area contributed by atoms with Gasteiger partial charge in [0.1, 0.15) is 0 Å². The predicted octanol–water partition coefficient (Wildman–Crippen LogP) is 0.684. The molecule has 90 valence electrons. The molecule has 1 aromatic rings. The normalized spacial score (nSPS) is 11.8. The summed E-state index contributed by atoms with van der Waals surface area (Å²) in [6.45, 7) is 5.14. The highest BCUT2D eigenvalue weighted by Crippen LogP contribution is 2.33. The predicted molar refractivity (Wildman–Crippen MR) is 65.7 cm³/mol. The quantitative estimate of drug-likeness (QED) is 0.665. The molecule has 0 heterocycles. The molecule has 5 nitrogen and oxygen atoms in total. The molecule has 0 aliphatic carbocycles. The molecule has 0 fully saturated rings. The van der Waals surface area contributed by atoms with Crippen LogP contribution in [0.2, 0.25) is 0 Å². The largest absolute Gasteiger partial charge is 0.398 e. The molecule has 0 aromatic heterocycles. The fraction of sp³-hybridized carbons (Fsp3) is 0.400. The fourth-order valence-corrected chi connectivity index (χ4v) is 2.97. The van der Waals surface area contributed by atoms with Gasteiger partial charge in [-0.3, -0.25) is 0 Å². The van der Waals surface area contributed by atoms with Gasteiger partial charge < -0.3 is 11.5 Å². The molecular weight excluding hydrogens is 226 g/mol. The maximum absolute atomic E-state index is 11.8. The topological polar surface area (TPSA) is 98.2 Å². The molecule has 0 spiro atoms. The maximum atomic E-state index is 11.8. The van der Waals surface area contributed by atoms with Gasteiger partial charge in [0.15, 0.2) is 0 Å². The third-order valence-corrected chi connectivity index (χ3v) is 4.52. The van der Waals surface area contributed by atoms with Gasteiger partial charge in [-0.05, 0) is 44.5 Å². The highest BCUT2D eigenvalue weighted by Gasteiger charge is 2.22. The summed E-state index contributed by atoms with van der Waals surface area (Å²) >= 11 is 0. The molecule has 0 aliphatic heterocycles. The summed E-state index contributed by atoms with van der Waals surface area (Å²) in [4.78, 5) is 0.176. The van der Waals surface area contributed by atoms with Gasteiger partial charge >= 0.3 is 0 Å². The van der Waals surface area contributed by atoms with Crippen LogP contribution in [0.15, 0.2) is 4.90 Å². The molecule has 5 N–H and O–H groups in total. The minimum Gasteiger partial charge on any atom is -0.398 e. The number of hydrogen-bond donors (Lipinski definition) is 3. The highest BCUT2D eigenvalue weighted by atomic mass is 32.2. The van der Waals surface area contributed by atoms with Crippen LogP contribution in [0.3, 0.4) is 0 Å². The first-order valence-electron chi connectivity index (χ1n) is 4.82. The average Bonchev–Trinajstić information content (AvgIpc) is 2.23. The lowest BCUT2D eigenvalue weighted by Gasteiger charge is -2.17. The summed E-state index contributed by atoms with van der Waals surface area (Å²) in [6, 6.07) is 0. The van der Waals surface area contributed by atoms with E-state index in [9.17, 15) is 8.42 Å². The van der Waals surface area contributed by atoms with E-state index in [0.717, 1.165) is 5.56 Å². The lowest BCUT2D eigenvalue weighted by molar-refractivity contribution is 0.587. The minimum atomic E-state index is -3.53. The Hall–Kier alpha value is -1.27. The second-order valence-corrected chi connectivity index (χ2v) is 5.56. The van der Waals surface area contributed by atoms with Gasteiger partial charge in [0, 0.05) is 11.4 Å². The Morgan fingerprint density at radius 2 is 1.31 bits per heavy atom. The van der Waals surface area contributed by atoms with E-state index in [0.29, 0.717) is 22.5 Å². The number of nitrogens with one attached hydrogen (secondary N) is 1. The maximum Gasteiger partial charge on any atom is 0.240 e. The van der Waals surface area contributed by atoms with Crippen LogP contribution in [-0.2, 0) is 10.0 Å². The lowest BCUT2D eigenvalue weighted by Crippen LogP contribution is -2.22. The molecule has 0 radical (unpaired) electrons. The van der Waals surface area contributed by atoms with Crippen molar-refractivity contribution >= 4 is 21.4 Å². The highest BCUT2D eigenvalue weighted by molar-refractivity contribution is 7.89. The van der Waals surface area contributed by atoms with Crippen molar-refractivity contribution in [3.05, 3.63) is 16.7 Å². The van der Waals surface area contributed by atoms with Gasteiger partial charge in [-0.2, -0.15) is 0 Å². The van der Waals surface area contributed by atoms with Gasteiger partial charge in [0.2, 0.25) is 10.0 Å². The van der Waals surface area contributed by atoms with Gasteiger partial charge in [-0.25, -0.2) is 13.1 Å². The molecular formula is C10H17N3O2S. The van der Waals surface area contributed by atoms with Crippen molar-refractivity contribution in [1.29, 1.82) is 0 Å². The number of anilines is 2. The van der Waals surface area contributed by atoms with Gasteiger partial charge in [0.05, 0.1) is 4.90 Å². The first-order valence-corrected chi connectivity index (χ1v) is 6.30. The fourth-order valence-electron chi connectivity index (χ4n) is 1.74. The van der Waals surface area contributed by atoms with Crippen LogP contribution in [0.5, 0.6) is 0 Å². The molecule has 0 unspecified atom stereocenters. The van der Waals surface area contributed by atoms with Gasteiger partial charge in [-0.1, -0.05) is 0 Å². The number of nitrogens with two attached hydrogens (primary N) is 2. The van der Waals surface area contributed by atoms with Crippen LogP contribution in [-0.4, -0.2) is 15.5 Å². The molecule has 0 amide bonds. The van der Waals surface area contributed by atoms with E-state index in [1.165, 1.54) is 7.05 Å². The van der Waals surface area contributed by atoms with Crippen LogP contribution in [0.4, 0.5) is 11.4 Å². The van der Waals surface area contributed by atoms with Gasteiger partial charge in [0.25, 0.3) is 0 Å². The Kier molecular flexibility index (Phi) is 3.16. The molecule has 0 bridgehead atoms. The van der Waals surface area contributed by atoms with E-state index in [2.05, 4.69) is 4.72 Å². The summed E-state index contributed by atoms with van der Waals surface area (Å²) in [6.07, 6.45) is 0. The molecule has 1 rings (SSSR count). The van der Waals surface area contributed by atoms with Crippen molar-refractivity contribution in [3.8, 4) is 0 Å². The third kappa shape index (κ3) is 1.74. The van der Waals surface area contributed by atoms with Crippen LogP contribution in [0.25, 0.3) is 0 Å². The minimum absolute atomic E-state index is 0.176. The summed E-state index contributed by atoms with van der Waals surface area (Å²) < 4.78 is 25.9. The zero-order chi connectivity index (χ0) is 12.7. The van der Waals surface area contributed by atoms with E-state index in [1.807, 2.05) is 0 Å². The Balaban J connectivity index is 3.79. The van der Waals surface area contributed by atoms with Crippen molar-refractivity contribution in [2.45, 2.75) is 25.7 Å². The summed E-state index contributed by atoms with van der Waals surface area (Å²) in [5.74, 6) is 0. The van der Waals surface area contributed by atoms with Gasteiger partial charge in [-0.15, -0.1) is 0 Å². The molecule has 6 heteroatoms. The number of nitrogen functional groups attached to an aromatic ring is 2. The Morgan fingerprint density at radius 3 is 1.62 bits per heavy atom. The smallest absolute Gasteiger partial charge is 0.240 e. The second kappa shape index (κ2) is 3.95. The summed E-state index contributed by atoms with van der Waals surface area (Å²) in [7, 11) is -2.17. The SMILES string of the molecule is CNS(=O)(=O)c1c(C)c(N)c(C)c(N)c1C. The Labute approximate surface area is 95.9 Å². The van der Waals surface area contributed by atoms with E-state index in [4.69, 9.17) is 11.5 Å². The Morgan fingerprint density at radius 1 is 0.938 bits per heavy atom. The van der Waals surface area contributed by atoms with Crippen molar-refractivity contribution in [1.82, 2.24) is 4.72 Å². The molecule has 0 saturated heterocycles. The van der Waals surface area contributed by atoms with Crippen LogP contribution < -0.4 is 16.2 Å². The van der Waals surface area contributed by atoms with Crippen molar-refractivity contribution in [3.63, 3.8) is 0 Å². The number of rotatable bonds is 2. The zero-order valence-corrected chi connectivity index (χ0v) is 10.7. The van der Waals surface area contributed by atoms with Crippen molar-refractivity contribution in [2.24, 2.45) is 0 Å². The zero-order valence-electron chi connectivity index (χ0n) is 9.88. The van der Waals surface area contributed by atoms with E-state index in [1.54, 1.807) is 20.8 Å². The van der Waals surface area contributed by atoms with E-state index >= 15 is 0 Å². The number of sulfonamides is 1. The van der Waals surface area contributed by atoms with Crippen molar-refractivity contribution < 1.29 is 8.42 Å². The molecule has 1 aromatic carbocycles. The van der Waals surface area contributed by atoms with Crippen LogP contribution >= 0.6 is 0 Å². The lowest BCUT2D eigenvalue weighted by atomic mass is 10.0. The summed E-state index contributed by atoms with van der Waals surface area (Å²) in [5, 5.41) is 0. The Bertz CT molecular complexity index is 506. The molecule has 0 aliphatic rings. The standard InChI is InChI=1S/C10H17N3O2S/c1-5-8(11)6(2)10(7(3)9(5)12)16(14,15)13-4/h13H,11-12H2,1-4H3. The number of hydrogen-bond acceptors (Lipinski definition) is 4. The van der Waals surface area contributed by atoms with E-state index in [-0.39, 0.29) is 4.90 Å².